The summed E-state index contributed by atoms with van der Waals surface area (Å²) in [5.74, 6) is 1.46. The van der Waals surface area contributed by atoms with Gasteiger partial charge in [0.2, 0.25) is 5.91 Å². The lowest BCUT2D eigenvalue weighted by atomic mass is 10.0. The van der Waals surface area contributed by atoms with Gasteiger partial charge in [0.1, 0.15) is 0 Å². The molecule has 1 saturated heterocycles. The summed E-state index contributed by atoms with van der Waals surface area (Å²) in [6.45, 7) is 1.84. The summed E-state index contributed by atoms with van der Waals surface area (Å²) >= 11 is 1.91. The maximum atomic E-state index is 11.8. The Morgan fingerprint density at radius 3 is 2.82 bits per heavy atom. The molecule has 0 aromatic rings. The zero-order valence-corrected chi connectivity index (χ0v) is 11.8. The Bertz CT molecular complexity index is 206. The van der Waals surface area contributed by atoms with Crippen LogP contribution in [0.25, 0.3) is 0 Å². The first kappa shape index (κ1) is 14.8. The maximum absolute atomic E-state index is 11.8. The zero-order valence-electron chi connectivity index (χ0n) is 11.0. The summed E-state index contributed by atoms with van der Waals surface area (Å²) in [4.78, 5) is 11.8. The van der Waals surface area contributed by atoms with Crippen LogP contribution in [0.5, 0.6) is 0 Å². The van der Waals surface area contributed by atoms with E-state index in [-0.39, 0.29) is 11.9 Å². The number of carbonyl (C=O) groups excluding carboxylic acids is 1. The van der Waals surface area contributed by atoms with Crippen molar-refractivity contribution in [2.24, 2.45) is 0 Å². The summed E-state index contributed by atoms with van der Waals surface area (Å²) in [7, 11) is 0. The second-order valence-corrected chi connectivity index (χ2v) is 5.69. The molecule has 0 unspecified atom stereocenters. The Labute approximate surface area is 109 Å². The van der Waals surface area contributed by atoms with Crippen LogP contribution in [0.1, 0.15) is 44.9 Å². The van der Waals surface area contributed by atoms with Crippen LogP contribution in [-0.4, -0.2) is 37.0 Å². The first-order valence-electron chi connectivity index (χ1n) is 6.84. The molecule has 1 atom stereocenters. The Hall–Kier alpha value is -0.220. The number of carbonyl (C=O) groups is 1. The Kier molecular flexibility index (Phi) is 8.53. The van der Waals surface area contributed by atoms with Gasteiger partial charge in [0.25, 0.3) is 0 Å². The number of rotatable bonds is 8. The van der Waals surface area contributed by atoms with Gasteiger partial charge in [-0.1, -0.05) is 19.3 Å². The Morgan fingerprint density at radius 1 is 1.29 bits per heavy atom. The highest BCUT2D eigenvalue weighted by Gasteiger charge is 2.19. The van der Waals surface area contributed by atoms with Crippen LogP contribution < -0.4 is 10.6 Å². The van der Waals surface area contributed by atoms with Crippen molar-refractivity contribution in [3.8, 4) is 0 Å². The van der Waals surface area contributed by atoms with Crippen LogP contribution in [0.4, 0.5) is 0 Å². The number of hydrogen-bond acceptors (Lipinski definition) is 3. The second kappa shape index (κ2) is 9.77. The molecule has 2 N–H and O–H groups in total. The van der Waals surface area contributed by atoms with Gasteiger partial charge in [0.05, 0.1) is 6.04 Å². The number of amides is 1. The minimum absolute atomic E-state index is 0.0697. The molecule has 17 heavy (non-hydrogen) atoms. The molecule has 1 aliphatic rings. The van der Waals surface area contributed by atoms with E-state index < -0.39 is 0 Å². The number of piperidine rings is 1. The molecule has 0 aliphatic carbocycles. The molecule has 0 bridgehead atoms. The van der Waals surface area contributed by atoms with Crippen LogP contribution in [0, 0.1) is 0 Å². The van der Waals surface area contributed by atoms with Crippen molar-refractivity contribution < 1.29 is 4.79 Å². The molecule has 1 amide bonds. The molecule has 0 saturated carbocycles. The lowest BCUT2D eigenvalue weighted by Gasteiger charge is -2.22. The van der Waals surface area contributed by atoms with E-state index in [1.165, 1.54) is 37.9 Å². The molecule has 0 aromatic carbocycles. The molecule has 0 spiro atoms. The van der Waals surface area contributed by atoms with Gasteiger partial charge in [0, 0.05) is 6.54 Å². The first-order chi connectivity index (χ1) is 8.34. The van der Waals surface area contributed by atoms with E-state index in [4.69, 9.17) is 0 Å². The van der Waals surface area contributed by atoms with Gasteiger partial charge in [0.15, 0.2) is 0 Å². The molecular formula is C13H26N2OS. The van der Waals surface area contributed by atoms with Crippen LogP contribution in [0.15, 0.2) is 0 Å². The monoisotopic (exact) mass is 258 g/mol. The fraction of sp³-hybridized carbons (Fsp3) is 0.923. The Balaban J connectivity index is 1.92. The largest absolute Gasteiger partial charge is 0.355 e. The highest BCUT2D eigenvalue weighted by molar-refractivity contribution is 7.98. The van der Waals surface area contributed by atoms with Gasteiger partial charge >= 0.3 is 0 Å². The fourth-order valence-electron chi connectivity index (χ4n) is 2.14. The average molecular weight is 258 g/mol. The number of thioether (sulfide) groups is 1. The third-order valence-corrected chi connectivity index (χ3v) is 3.90. The van der Waals surface area contributed by atoms with E-state index in [9.17, 15) is 4.79 Å². The summed E-state index contributed by atoms with van der Waals surface area (Å²) in [6, 6.07) is 0.0697. The van der Waals surface area contributed by atoms with Gasteiger partial charge < -0.3 is 10.6 Å². The highest BCUT2D eigenvalue weighted by Crippen LogP contribution is 2.07. The van der Waals surface area contributed by atoms with E-state index in [2.05, 4.69) is 16.9 Å². The molecule has 3 nitrogen and oxygen atoms in total. The fourth-order valence-corrected chi connectivity index (χ4v) is 2.63. The molecule has 4 heteroatoms. The summed E-state index contributed by atoms with van der Waals surface area (Å²) in [5, 5.41) is 6.31. The minimum atomic E-state index is 0.0697. The molecule has 0 radical (unpaired) electrons. The lowest BCUT2D eigenvalue weighted by molar-refractivity contribution is -0.123. The number of unbranched alkanes of at least 4 members (excludes halogenated alkanes) is 3. The number of nitrogens with one attached hydrogen (secondary N) is 2. The van der Waals surface area contributed by atoms with Crippen molar-refractivity contribution in [3.05, 3.63) is 0 Å². The van der Waals surface area contributed by atoms with E-state index in [0.717, 1.165) is 25.9 Å². The van der Waals surface area contributed by atoms with Crippen molar-refractivity contribution in [2.45, 2.75) is 51.0 Å². The molecule has 1 heterocycles. The Morgan fingerprint density at radius 2 is 2.12 bits per heavy atom. The van der Waals surface area contributed by atoms with Crippen molar-refractivity contribution in [1.82, 2.24) is 10.6 Å². The number of hydrogen-bond donors (Lipinski definition) is 2. The van der Waals surface area contributed by atoms with Crippen molar-refractivity contribution in [1.29, 1.82) is 0 Å². The van der Waals surface area contributed by atoms with Gasteiger partial charge in [-0.3, -0.25) is 4.79 Å². The van der Waals surface area contributed by atoms with Crippen molar-refractivity contribution >= 4 is 17.7 Å². The first-order valence-corrected chi connectivity index (χ1v) is 8.24. The minimum Gasteiger partial charge on any atom is -0.355 e. The third-order valence-electron chi connectivity index (χ3n) is 3.20. The van der Waals surface area contributed by atoms with Gasteiger partial charge in [-0.05, 0) is 44.2 Å². The highest BCUT2D eigenvalue weighted by atomic mass is 32.2. The van der Waals surface area contributed by atoms with Crippen LogP contribution in [0.2, 0.25) is 0 Å². The SMILES string of the molecule is CSCCCCCCNC(=O)[C@@H]1CCCCN1. The molecule has 1 rings (SSSR count). The second-order valence-electron chi connectivity index (χ2n) is 4.70. The van der Waals surface area contributed by atoms with Crippen LogP contribution in [0.3, 0.4) is 0 Å². The molecule has 0 aromatic heterocycles. The summed E-state index contributed by atoms with van der Waals surface area (Å²) in [6.07, 6.45) is 10.5. The standard InChI is InChI=1S/C13H26N2OS/c1-17-11-7-3-2-5-10-15-13(16)12-8-4-6-9-14-12/h12,14H,2-11H2,1H3,(H,15,16)/t12-/m0/s1. The smallest absolute Gasteiger partial charge is 0.237 e. The predicted octanol–water partition coefficient (Wildman–Crippen LogP) is 2.17. The third kappa shape index (κ3) is 6.94. The maximum Gasteiger partial charge on any atom is 0.237 e. The van der Waals surface area contributed by atoms with Gasteiger partial charge in [-0.25, -0.2) is 0 Å². The lowest BCUT2D eigenvalue weighted by Crippen LogP contribution is -2.46. The molecule has 1 aliphatic heterocycles. The van der Waals surface area contributed by atoms with E-state index >= 15 is 0 Å². The van der Waals surface area contributed by atoms with Crippen molar-refractivity contribution in [2.75, 3.05) is 25.1 Å². The molecule has 100 valence electrons. The predicted molar refractivity (Wildman–Crippen MR) is 75.5 cm³/mol. The average Bonchev–Trinajstić information content (AvgIpc) is 2.38. The zero-order chi connectivity index (χ0) is 12.3. The van der Waals surface area contributed by atoms with Gasteiger partial charge in [-0.15, -0.1) is 0 Å². The molecular weight excluding hydrogens is 232 g/mol. The summed E-state index contributed by atoms with van der Waals surface area (Å²) in [5.41, 5.74) is 0. The van der Waals surface area contributed by atoms with Gasteiger partial charge in [-0.2, -0.15) is 11.8 Å². The molecule has 1 fully saturated rings. The summed E-state index contributed by atoms with van der Waals surface area (Å²) < 4.78 is 0. The van der Waals surface area contributed by atoms with E-state index in [1.54, 1.807) is 0 Å². The van der Waals surface area contributed by atoms with Crippen molar-refractivity contribution in [3.63, 3.8) is 0 Å². The van der Waals surface area contributed by atoms with E-state index in [0.29, 0.717) is 0 Å². The topological polar surface area (TPSA) is 41.1 Å². The van der Waals surface area contributed by atoms with Crippen LogP contribution in [-0.2, 0) is 4.79 Å². The van der Waals surface area contributed by atoms with Crippen LogP contribution >= 0.6 is 11.8 Å². The normalized spacial score (nSPS) is 20.2. The van der Waals surface area contributed by atoms with E-state index in [1.807, 2.05) is 11.8 Å². The quantitative estimate of drug-likeness (QED) is 0.656.